The molecule has 11 heteroatoms. The van der Waals surface area contributed by atoms with E-state index < -0.39 is 16.9 Å². The second kappa shape index (κ2) is 9.74. The van der Waals surface area contributed by atoms with Gasteiger partial charge in [0.05, 0.1) is 24.2 Å². The van der Waals surface area contributed by atoms with Crippen molar-refractivity contribution in [3.05, 3.63) is 27.8 Å². The minimum atomic E-state index is -1.15. The molecule has 28 heavy (non-hydrogen) atoms. The van der Waals surface area contributed by atoms with E-state index in [1.807, 2.05) is 0 Å². The van der Waals surface area contributed by atoms with Gasteiger partial charge in [0.15, 0.2) is 5.69 Å². The van der Waals surface area contributed by atoms with Crippen LogP contribution >= 0.6 is 0 Å². The number of ether oxygens (including phenoxy) is 2. The number of likely N-dealkylation sites (tertiary alicyclic amines) is 1. The Labute approximate surface area is 161 Å². The molecule has 1 aromatic rings. The van der Waals surface area contributed by atoms with Gasteiger partial charge in [-0.2, -0.15) is 0 Å². The van der Waals surface area contributed by atoms with Gasteiger partial charge in [0.2, 0.25) is 0 Å². The summed E-state index contributed by atoms with van der Waals surface area (Å²) in [5.41, 5.74) is -0.00185. The Balaban J connectivity index is 2.28. The highest BCUT2D eigenvalue weighted by atomic mass is 16.6. The predicted octanol–water partition coefficient (Wildman–Crippen LogP) is 1.53. The molecule has 0 aromatic heterocycles. The third kappa shape index (κ3) is 5.22. The molecule has 1 aliphatic rings. The number of nitro benzene ring substituents is 1. The molecule has 11 nitrogen and oxygen atoms in total. The number of rotatable bonds is 8. The number of nitrogens with one attached hydrogen (secondary N) is 2. The zero-order valence-corrected chi connectivity index (χ0v) is 15.8. The van der Waals surface area contributed by atoms with Crippen molar-refractivity contribution in [3.8, 4) is 5.75 Å². The van der Waals surface area contributed by atoms with Crippen LogP contribution in [-0.4, -0.2) is 73.4 Å². The number of carboxylic acid groups (broad SMARTS) is 1. The van der Waals surface area contributed by atoms with E-state index in [1.165, 1.54) is 31.3 Å². The van der Waals surface area contributed by atoms with Crippen molar-refractivity contribution in [2.24, 2.45) is 0 Å². The maximum atomic E-state index is 12.9. The van der Waals surface area contributed by atoms with Crippen LogP contribution in [0.1, 0.15) is 23.2 Å². The van der Waals surface area contributed by atoms with E-state index in [1.54, 1.807) is 0 Å². The first-order valence-electron chi connectivity index (χ1n) is 8.75. The van der Waals surface area contributed by atoms with Crippen LogP contribution in [0, 0.1) is 10.1 Å². The molecule has 0 aliphatic carbocycles. The van der Waals surface area contributed by atoms with E-state index in [2.05, 4.69) is 10.6 Å². The van der Waals surface area contributed by atoms with Gasteiger partial charge >= 0.3 is 6.09 Å². The van der Waals surface area contributed by atoms with Crippen LogP contribution in [0.3, 0.4) is 0 Å². The van der Waals surface area contributed by atoms with Crippen LogP contribution < -0.4 is 15.4 Å². The Kier molecular flexibility index (Phi) is 7.38. The number of methoxy groups -OCH3 is 2. The molecule has 1 unspecified atom stereocenters. The lowest BCUT2D eigenvalue weighted by molar-refractivity contribution is -0.384. The quantitative estimate of drug-likeness (QED) is 0.341. The molecule has 1 fully saturated rings. The molecular weight excluding hydrogens is 372 g/mol. The molecule has 1 aliphatic heterocycles. The Morgan fingerprint density at radius 2 is 2.14 bits per heavy atom. The lowest BCUT2D eigenvalue weighted by atomic mass is 10.0. The second-order valence-corrected chi connectivity index (χ2v) is 6.29. The van der Waals surface area contributed by atoms with E-state index in [9.17, 15) is 19.7 Å². The molecule has 1 heterocycles. The molecule has 0 spiro atoms. The molecule has 0 radical (unpaired) electrons. The maximum absolute atomic E-state index is 12.9. The minimum Gasteiger partial charge on any atom is -0.494 e. The number of amides is 2. The molecule has 1 saturated heterocycles. The van der Waals surface area contributed by atoms with Crippen molar-refractivity contribution in [1.29, 1.82) is 0 Å². The lowest BCUT2D eigenvalue weighted by Gasteiger charge is -2.32. The van der Waals surface area contributed by atoms with Crippen molar-refractivity contribution < 1.29 is 29.1 Å². The van der Waals surface area contributed by atoms with Crippen molar-refractivity contribution in [2.75, 3.05) is 45.8 Å². The third-order valence-electron chi connectivity index (χ3n) is 4.39. The fraction of sp³-hybridized carbons (Fsp3) is 0.529. The van der Waals surface area contributed by atoms with E-state index in [-0.39, 0.29) is 35.3 Å². The monoisotopic (exact) mass is 396 g/mol. The first-order valence-corrected chi connectivity index (χ1v) is 8.75. The highest BCUT2D eigenvalue weighted by Gasteiger charge is 2.28. The van der Waals surface area contributed by atoms with Crippen LogP contribution in [0.4, 0.5) is 16.2 Å². The number of nitro groups is 1. The van der Waals surface area contributed by atoms with Crippen molar-refractivity contribution in [2.45, 2.75) is 18.9 Å². The van der Waals surface area contributed by atoms with Gasteiger partial charge in [0.1, 0.15) is 5.75 Å². The Morgan fingerprint density at radius 1 is 1.39 bits per heavy atom. The summed E-state index contributed by atoms with van der Waals surface area (Å²) < 4.78 is 10.2. The van der Waals surface area contributed by atoms with Gasteiger partial charge in [-0.15, -0.1) is 0 Å². The summed E-state index contributed by atoms with van der Waals surface area (Å²) in [5.74, 6) is -0.243. The van der Waals surface area contributed by atoms with Gasteiger partial charge in [0, 0.05) is 38.9 Å². The summed E-state index contributed by atoms with van der Waals surface area (Å²) in [5, 5.41) is 25.7. The topological polar surface area (TPSA) is 143 Å². The predicted molar refractivity (Wildman–Crippen MR) is 100 cm³/mol. The highest BCUT2D eigenvalue weighted by Crippen LogP contribution is 2.36. The summed E-state index contributed by atoms with van der Waals surface area (Å²) >= 11 is 0. The molecule has 0 bridgehead atoms. The number of benzene rings is 1. The van der Waals surface area contributed by atoms with Crippen LogP contribution in [0.5, 0.6) is 5.75 Å². The molecule has 154 valence electrons. The average molecular weight is 396 g/mol. The number of hydrogen-bond acceptors (Lipinski definition) is 7. The molecule has 1 atom stereocenters. The van der Waals surface area contributed by atoms with Crippen LogP contribution in [0.25, 0.3) is 0 Å². The Morgan fingerprint density at radius 3 is 2.75 bits per heavy atom. The zero-order valence-electron chi connectivity index (χ0n) is 15.8. The van der Waals surface area contributed by atoms with Crippen molar-refractivity contribution in [1.82, 2.24) is 10.2 Å². The van der Waals surface area contributed by atoms with Gasteiger partial charge in [-0.05, 0) is 18.9 Å². The summed E-state index contributed by atoms with van der Waals surface area (Å²) in [7, 11) is 2.88. The molecular formula is C17H24N4O7. The highest BCUT2D eigenvalue weighted by molar-refractivity contribution is 5.97. The fourth-order valence-electron chi connectivity index (χ4n) is 3.12. The minimum absolute atomic E-state index is 0.108. The van der Waals surface area contributed by atoms with Gasteiger partial charge < -0.3 is 30.1 Å². The smallest absolute Gasteiger partial charge is 0.404 e. The normalized spacial score (nSPS) is 16.4. The number of carbonyl (C=O) groups excluding carboxylic acids is 1. The van der Waals surface area contributed by atoms with Gasteiger partial charge in [0.25, 0.3) is 11.6 Å². The second-order valence-electron chi connectivity index (χ2n) is 6.29. The number of anilines is 1. The molecule has 3 N–H and O–H groups in total. The molecule has 2 amide bonds. The average Bonchev–Trinajstić information content (AvgIpc) is 2.67. The van der Waals surface area contributed by atoms with Gasteiger partial charge in [-0.1, -0.05) is 0 Å². The molecule has 1 aromatic carbocycles. The van der Waals surface area contributed by atoms with E-state index >= 15 is 0 Å². The Hall–Kier alpha value is -3.08. The summed E-state index contributed by atoms with van der Waals surface area (Å²) in [6.45, 7) is 1.32. The number of carbonyl (C=O) groups is 2. The third-order valence-corrected chi connectivity index (χ3v) is 4.39. The number of piperidine rings is 1. The van der Waals surface area contributed by atoms with E-state index in [0.717, 1.165) is 0 Å². The van der Waals surface area contributed by atoms with Crippen molar-refractivity contribution in [3.63, 3.8) is 0 Å². The zero-order chi connectivity index (χ0) is 20.7. The number of hydrogen-bond donors (Lipinski definition) is 3. The fourth-order valence-corrected chi connectivity index (χ4v) is 3.12. The van der Waals surface area contributed by atoms with Gasteiger partial charge in [-0.25, -0.2) is 4.79 Å². The van der Waals surface area contributed by atoms with Crippen molar-refractivity contribution >= 4 is 23.4 Å². The first kappa shape index (κ1) is 21.2. The summed E-state index contributed by atoms with van der Waals surface area (Å²) in [4.78, 5) is 36.1. The summed E-state index contributed by atoms with van der Waals surface area (Å²) in [6.07, 6.45) is 0.108. The van der Waals surface area contributed by atoms with E-state index in [0.29, 0.717) is 32.5 Å². The van der Waals surface area contributed by atoms with Crippen LogP contribution in [0.2, 0.25) is 0 Å². The SMILES string of the molecule is COCCNc1c(OC)cc(C(=O)N2CCCC(NC(=O)O)C2)cc1[N+](=O)[O-]. The van der Waals surface area contributed by atoms with E-state index in [4.69, 9.17) is 14.6 Å². The molecule has 0 saturated carbocycles. The summed E-state index contributed by atoms with van der Waals surface area (Å²) in [6, 6.07) is 2.27. The van der Waals surface area contributed by atoms with Crippen LogP contribution in [-0.2, 0) is 4.74 Å². The maximum Gasteiger partial charge on any atom is 0.404 e. The lowest BCUT2D eigenvalue weighted by Crippen LogP contribution is -2.49. The molecule has 2 rings (SSSR count). The first-order chi connectivity index (χ1) is 13.4. The number of nitrogens with zero attached hydrogens (tertiary/aromatic N) is 2. The van der Waals surface area contributed by atoms with Crippen LogP contribution in [0.15, 0.2) is 12.1 Å². The van der Waals surface area contributed by atoms with Gasteiger partial charge in [-0.3, -0.25) is 14.9 Å². The largest absolute Gasteiger partial charge is 0.494 e. The standard InChI is InChI=1S/C17H24N4O7/c1-27-7-5-18-15-13(21(25)26)8-11(9-14(15)28-2)16(22)20-6-3-4-12(10-20)19-17(23)24/h8-9,12,18-19H,3-7,10H2,1-2H3,(H,23,24). The Bertz CT molecular complexity index is 740.